The Hall–Kier alpha value is -2.12. The maximum atomic E-state index is 12.9. The summed E-state index contributed by atoms with van der Waals surface area (Å²) in [6.07, 6.45) is 41.6. The van der Waals surface area contributed by atoms with Gasteiger partial charge < -0.3 is 45.4 Å². The molecule has 11 nitrogen and oxygen atoms in total. The number of unbranched alkanes of at least 4 members (excludes halogenated alkanes) is 9. The third kappa shape index (κ3) is 18.0. The number of ether oxygens (including phenoxy) is 5. The van der Waals surface area contributed by atoms with Crippen LogP contribution >= 0.6 is 0 Å². The number of hydrogen-bond donors (Lipinski definition) is 3. The molecule has 3 saturated carbocycles. The van der Waals surface area contributed by atoms with E-state index in [2.05, 4.69) is 82.1 Å². The van der Waals surface area contributed by atoms with Crippen LogP contribution in [-0.4, -0.2) is 112 Å². The van der Waals surface area contributed by atoms with E-state index in [-0.39, 0.29) is 42.2 Å². The minimum Gasteiger partial charge on any atom is -0.460 e. The maximum absolute atomic E-state index is 12.9. The first-order valence-electron chi connectivity index (χ1n) is 29.9. The predicted octanol–water partition coefficient (Wildman–Crippen LogP) is 12.0. The summed E-state index contributed by atoms with van der Waals surface area (Å²) < 4.78 is 29.6. The molecule has 0 bridgehead atoms. The fourth-order valence-electron chi connectivity index (χ4n) is 14.1. The molecular formula is C61H108N4O7. The second-order valence-electron chi connectivity index (χ2n) is 24.1. The Morgan fingerprint density at radius 1 is 0.778 bits per heavy atom. The number of piperidine rings is 1. The molecule has 414 valence electrons. The quantitative estimate of drug-likeness (QED) is 0.0315. The molecule has 4 fully saturated rings. The van der Waals surface area contributed by atoms with Crippen molar-refractivity contribution in [3.63, 3.8) is 0 Å². The van der Waals surface area contributed by atoms with Gasteiger partial charge in [-0.05, 0) is 138 Å². The number of allylic oxidation sites excluding steroid dienone is 4. The first-order chi connectivity index (χ1) is 34.8. The van der Waals surface area contributed by atoms with Crippen LogP contribution in [0.25, 0.3) is 0 Å². The van der Waals surface area contributed by atoms with Crippen LogP contribution in [0.3, 0.4) is 0 Å². The summed E-state index contributed by atoms with van der Waals surface area (Å²) >= 11 is 0. The number of nitrogens with two attached hydrogens (primary N) is 2. The molecule has 0 spiro atoms. The first-order valence-corrected chi connectivity index (χ1v) is 29.9. The SMILES string of the molecule is CCCCC/C=C\C/C=C\CCCCCCCCOCC(CN1CCCCC1)OCCOCCNC(=O)COCC(=O)O[C@H]1CC[C@@]2(C)C(=CC[C@@]3(N)[C@@H]4CC[C@H]([C@H](C)CCCC(C)C)[C@@]4(C)CC[C@]23N)C1. The van der Waals surface area contributed by atoms with Gasteiger partial charge in [0.2, 0.25) is 5.91 Å². The Morgan fingerprint density at radius 3 is 2.26 bits per heavy atom. The molecule has 4 aliphatic carbocycles. The van der Waals surface area contributed by atoms with Crippen molar-refractivity contribution in [2.75, 3.05) is 72.4 Å². The van der Waals surface area contributed by atoms with Crippen molar-refractivity contribution >= 4 is 11.9 Å². The molecule has 0 aromatic carbocycles. The van der Waals surface area contributed by atoms with Gasteiger partial charge >= 0.3 is 5.97 Å². The van der Waals surface area contributed by atoms with Gasteiger partial charge in [0.1, 0.15) is 19.3 Å². The van der Waals surface area contributed by atoms with Gasteiger partial charge in [0, 0.05) is 42.6 Å². The highest BCUT2D eigenvalue weighted by Gasteiger charge is 2.70. The Morgan fingerprint density at radius 2 is 1.51 bits per heavy atom. The molecule has 0 aromatic rings. The summed E-state index contributed by atoms with van der Waals surface area (Å²) in [6, 6.07) is 0. The van der Waals surface area contributed by atoms with Crippen LogP contribution in [0.4, 0.5) is 0 Å². The highest BCUT2D eigenvalue weighted by atomic mass is 16.6. The Kier molecular flexibility index (Phi) is 26.8. The molecule has 5 aliphatic rings. The standard InChI is InChI=1S/C61H108N4O7/c1-7-8-9-10-11-12-13-14-15-16-17-18-19-20-21-25-40-69-46-53(45-65-38-23-22-24-39-65)71-43-42-68-41-37-64-56(66)47-70-48-57(67)72-52-32-33-59(6)51(44-52)31-34-60(62)55-30-29-54(50(4)28-26-27-49(2)3)58(55,5)35-36-61(59,60)63/h11-12,14-15,31,49-50,52-55H,7-10,13,16-30,32-48,62-63H2,1-6H3,(H,64,66)/b12-11-,15-14-/t50-,52+,53?,54-,55-,58-,59+,60-,61+/m1/s1. The van der Waals surface area contributed by atoms with Crippen molar-refractivity contribution in [2.24, 2.45) is 46.0 Å². The molecule has 9 atom stereocenters. The molecule has 0 radical (unpaired) electrons. The van der Waals surface area contributed by atoms with E-state index < -0.39 is 17.0 Å². The highest BCUT2D eigenvalue weighted by Crippen LogP contribution is 2.69. The molecular weight excluding hydrogens is 901 g/mol. The van der Waals surface area contributed by atoms with Crippen molar-refractivity contribution in [1.29, 1.82) is 0 Å². The Labute approximate surface area is 439 Å². The number of esters is 1. The largest absolute Gasteiger partial charge is 0.460 e. The topological polar surface area (TPSA) is 148 Å². The summed E-state index contributed by atoms with van der Waals surface area (Å²) in [5, 5.41) is 2.82. The van der Waals surface area contributed by atoms with Gasteiger partial charge in [0.25, 0.3) is 0 Å². The molecule has 72 heavy (non-hydrogen) atoms. The van der Waals surface area contributed by atoms with Crippen LogP contribution in [0.15, 0.2) is 36.0 Å². The first kappa shape index (κ1) is 60.7. The zero-order valence-corrected chi connectivity index (χ0v) is 47.0. The van der Waals surface area contributed by atoms with Crippen molar-refractivity contribution in [2.45, 2.75) is 232 Å². The van der Waals surface area contributed by atoms with Crippen LogP contribution in [0.1, 0.15) is 208 Å². The van der Waals surface area contributed by atoms with Crippen LogP contribution in [0.5, 0.6) is 0 Å². The lowest BCUT2D eigenvalue weighted by molar-refractivity contribution is -0.158. The third-order valence-electron chi connectivity index (χ3n) is 18.4. The van der Waals surface area contributed by atoms with E-state index in [1.165, 1.54) is 121 Å². The minimum absolute atomic E-state index is 0.0128. The highest BCUT2D eigenvalue weighted by molar-refractivity contribution is 5.78. The molecule has 1 unspecified atom stereocenters. The summed E-state index contributed by atoms with van der Waals surface area (Å²) in [5.41, 5.74) is 15.7. The van der Waals surface area contributed by atoms with Crippen LogP contribution in [-0.2, 0) is 33.3 Å². The lowest BCUT2D eigenvalue weighted by Crippen LogP contribution is -2.80. The summed E-state index contributed by atoms with van der Waals surface area (Å²) in [4.78, 5) is 28.0. The van der Waals surface area contributed by atoms with Gasteiger partial charge in [-0.2, -0.15) is 0 Å². The zero-order chi connectivity index (χ0) is 51.7. The van der Waals surface area contributed by atoms with Gasteiger partial charge in [-0.25, -0.2) is 4.79 Å². The predicted molar refractivity (Wildman–Crippen MR) is 295 cm³/mol. The van der Waals surface area contributed by atoms with Crippen LogP contribution in [0, 0.1) is 34.5 Å². The number of nitrogens with zero attached hydrogens (tertiary/aromatic N) is 1. The number of nitrogens with one attached hydrogen (secondary N) is 1. The lowest BCUT2D eigenvalue weighted by Gasteiger charge is -2.68. The van der Waals surface area contributed by atoms with Crippen molar-refractivity contribution in [3.8, 4) is 0 Å². The van der Waals surface area contributed by atoms with Gasteiger partial charge in [-0.3, -0.25) is 4.79 Å². The smallest absolute Gasteiger partial charge is 0.332 e. The summed E-state index contributed by atoms with van der Waals surface area (Å²) in [7, 11) is 0. The lowest BCUT2D eigenvalue weighted by atomic mass is 9.40. The molecule has 1 aliphatic heterocycles. The summed E-state index contributed by atoms with van der Waals surface area (Å²) in [6.45, 7) is 19.9. The molecule has 1 heterocycles. The molecule has 1 amide bonds. The van der Waals surface area contributed by atoms with Crippen LogP contribution < -0.4 is 16.8 Å². The number of amides is 1. The fraction of sp³-hybridized carbons (Fsp3) is 0.869. The third-order valence-corrected chi connectivity index (χ3v) is 18.4. The van der Waals surface area contributed by atoms with Crippen molar-refractivity contribution in [3.05, 3.63) is 36.0 Å². The number of likely N-dealkylation sites (tertiary alicyclic amines) is 1. The van der Waals surface area contributed by atoms with Gasteiger partial charge in [-0.15, -0.1) is 0 Å². The van der Waals surface area contributed by atoms with Crippen LogP contribution in [0.2, 0.25) is 0 Å². The van der Waals surface area contributed by atoms with E-state index in [9.17, 15) is 9.59 Å². The molecule has 5 N–H and O–H groups in total. The molecule has 0 aromatic heterocycles. The van der Waals surface area contributed by atoms with E-state index in [0.29, 0.717) is 57.1 Å². The van der Waals surface area contributed by atoms with E-state index >= 15 is 0 Å². The fourth-order valence-corrected chi connectivity index (χ4v) is 14.1. The van der Waals surface area contributed by atoms with Crippen molar-refractivity contribution < 1.29 is 33.3 Å². The number of hydrogen-bond acceptors (Lipinski definition) is 10. The normalized spacial score (nSPS) is 29.5. The van der Waals surface area contributed by atoms with Gasteiger partial charge in [0.05, 0.1) is 32.5 Å². The summed E-state index contributed by atoms with van der Waals surface area (Å²) in [5.74, 6) is 1.84. The van der Waals surface area contributed by atoms with E-state index in [4.69, 9.17) is 35.2 Å². The average molecular weight is 1010 g/mol. The van der Waals surface area contributed by atoms with Crippen molar-refractivity contribution in [1.82, 2.24) is 10.2 Å². The molecule has 11 heteroatoms. The second kappa shape index (κ2) is 31.8. The van der Waals surface area contributed by atoms with E-state index in [1.54, 1.807) is 0 Å². The number of carbonyl (C=O) groups excluding carboxylic acids is 2. The number of rotatable bonds is 36. The maximum Gasteiger partial charge on any atom is 0.332 e. The Balaban J connectivity index is 0.898. The molecule has 1 saturated heterocycles. The van der Waals surface area contributed by atoms with Gasteiger partial charge in [-0.1, -0.05) is 142 Å². The monoisotopic (exact) mass is 1010 g/mol. The average Bonchev–Trinajstić information content (AvgIpc) is 3.72. The van der Waals surface area contributed by atoms with E-state index in [1.807, 2.05) is 0 Å². The zero-order valence-electron chi connectivity index (χ0n) is 47.0. The van der Waals surface area contributed by atoms with Gasteiger partial charge in [0.15, 0.2) is 0 Å². The Bertz CT molecular complexity index is 1650. The minimum atomic E-state index is -0.498. The number of fused-ring (bicyclic) bond motifs is 5. The number of carbonyl (C=O) groups is 2. The second-order valence-corrected chi connectivity index (χ2v) is 24.1. The molecule has 5 rings (SSSR count). The van der Waals surface area contributed by atoms with E-state index in [0.717, 1.165) is 77.1 Å².